The second kappa shape index (κ2) is 15.8. The first-order chi connectivity index (χ1) is 25.4. The van der Waals surface area contributed by atoms with Gasteiger partial charge in [-0.2, -0.15) is 0 Å². The Morgan fingerprint density at radius 3 is 1.83 bits per heavy atom. The van der Waals surface area contributed by atoms with Gasteiger partial charge < -0.3 is 20.1 Å². The van der Waals surface area contributed by atoms with Crippen LogP contribution in [0.1, 0.15) is 66.4 Å². The van der Waals surface area contributed by atoms with Gasteiger partial charge in [0.05, 0.1) is 10.8 Å². The number of rotatable bonds is 11. The Balaban J connectivity index is 1.32. The smallest absolute Gasteiger partial charge is 0.408 e. The van der Waals surface area contributed by atoms with Crippen LogP contribution in [-0.2, 0) is 34.7 Å². The van der Waals surface area contributed by atoms with Crippen molar-refractivity contribution in [3.63, 3.8) is 0 Å². The fourth-order valence-corrected chi connectivity index (χ4v) is 7.94. The number of Topliss-reactive ketones (excluding diaryl/α,β-unsaturated/α-hetero) is 1. The zero-order chi connectivity index (χ0) is 37.7. The van der Waals surface area contributed by atoms with E-state index in [0.29, 0.717) is 22.3 Å². The van der Waals surface area contributed by atoms with E-state index in [1.54, 1.807) is 81.4 Å². The minimum Gasteiger partial charge on any atom is -0.448 e. The van der Waals surface area contributed by atoms with Crippen molar-refractivity contribution in [1.82, 2.24) is 15.5 Å². The molecule has 1 saturated heterocycles. The molecule has 3 amide bonds. The van der Waals surface area contributed by atoms with Gasteiger partial charge in [-0.25, -0.2) is 9.59 Å². The highest BCUT2D eigenvalue weighted by Crippen LogP contribution is 2.38. The van der Waals surface area contributed by atoms with E-state index < -0.39 is 63.8 Å². The van der Waals surface area contributed by atoms with Gasteiger partial charge >= 0.3 is 12.1 Å². The number of fused-ring (bicyclic) bond motifs is 1. The maximum Gasteiger partial charge on any atom is 0.408 e. The van der Waals surface area contributed by atoms with E-state index in [1.165, 1.54) is 0 Å². The summed E-state index contributed by atoms with van der Waals surface area (Å²) in [7, 11) is -1.84. The number of ketones is 1. The van der Waals surface area contributed by atoms with Gasteiger partial charge in [-0.1, -0.05) is 121 Å². The topological polar surface area (TPSA) is 148 Å². The molecule has 2 heterocycles. The summed E-state index contributed by atoms with van der Waals surface area (Å²) in [6.07, 6.45) is -2.01. The SMILES string of the molecule is CC(C)(C)OC(=O)N[C@@H](C(=O)NC1C(=O)N2C(C(=O)OC(c3ccccc3)c3ccccc3)=C(CC(=O)c3ccccc3)CS(=O)C12)c1ccccc1. The predicted octanol–water partition coefficient (Wildman–Crippen LogP) is 5.53. The summed E-state index contributed by atoms with van der Waals surface area (Å²) in [5.41, 5.74) is 1.31. The number of carbonyl (C=O) groups excluding carboxylic acids is 5. The molecule has 2 aliphatic rings. The summed E-state index contributed by atoms with van der Waals surface area (Å²) in [6, 6.07) is 32.5. The summed E-state index contributed by atoms with van der Waals surface area (Å²) < 4.78 is 25.5. The van der Waals surface area contributed by atoms with Crippen LogP contribution in [-0.4, -0.2) is 61.5 Å². The normalized spacial score (nSPS) is 18.7. The van der Waals surface area contributed by atoms with Crippen LogP contribution >= 0.6 is 0 Å². The summed E-state index contributed by atoms with van der Waals surface area (Å²) in [6.45, 7) is 5.05. The molecule has 0 saturated carbocycles. The fourth-order valence-electron chi connectivity index (χ4n) is 6.25. The third kappa shape index (κ3) is 8.44. The van der Waals surface area contributed by atoms with Gasteiger partial charge in [0, 0.05) is 17.7 Å². The van der Waals surface area contributed by atoms with E-state index >= 15 is 0 Å². The monoisotopic (exact) mass is 733 g/mol. The number of hydrogen-bond donors (Lipinski definition) is 2. The van der Waals surface area contributed by atoms with Crippen molar-refractivity contribution < 1.29 is 37.7 Å². The predicted molar refractivity (Wildman–Crippen MR) is 197 cm³/mol. The van der Waals surface area contributed by atoms with E-state index in [9.17, 15) is 28.2 Å². The number of amides is 3. The van der Waals surface area contributed by atoms with Gasteiger partial charge in [-0.3, -0.25) is 23.5 Å². The van der Waals surface area contributed by atoms with Gasteiger partial charge in [0.1, 0.15) is 28.8 Å². The van der Waals surface area contributed by atoms with Crippen molar-refractivity contribution in [3.8, 4) is 0 Å². The standard InChI is InChI=1S/C41H39N3O8S/c1-41(2,3)52-40(49)43-32(27-18-10-5-11-19-27)36(46)42-33-37(47)44-34(30(25-53(50)38(33)44)24-31(45)26-16-8-4-9-17-26)39(48)51-35(28-20-12-6-13-21-28)29-22-14-7-15-23-29/h4-23,32-33,35,38H,24-25H2,1-3H3,(H,42,46)(H,43,49)/t32-,33?,38?,53?/m1/s1. The number of benzene rings is 4. The van der Waals surface area contributed by atoms with Gasteiger partial charge in [-0.05, 0) is 43.0 Å². The zero-order valence-electron chi connectivity index (χ0n) is 29.4. The highest BCUT2D eigenvalue weighted by molar-refractivity contribution is 7.86. The van der Waals surface area contributed by atoms with Crippen molar-refractivity contribution in [2.75, 3.05) is 5.75 Å². The molecular formula is C41H39N3O8S. The van der Waals surface area contributed by atoms with Gasteiger partial charge in [-0.15, -0.1) is 0 Å². The maximum absolute atomic E-state index is 14.4. The molecule has 3 unspecified atom stereocenters. The molecule has 6 rings (SSSR count). The molecule has 0 aromatic heterocycles. The Morgan fingerprint density at radius 1 is 0.792 bits per heavy atom. The Hall–Kier alpha value is -5.88. The largest absolute Gasteiger partial charge is 0.448 e. The van der Waals surface area contributed by atoms with Gasteiger partial charge in [0.2, 0.25) is 5.91 Å². The lowest BCUT2D eigenvalue weighted by Gasteiger charge is -2.49. The molecule has 0 bridgehead atoms. The Bertz CT molecular complexity index is 2010. The van der Waals surface area contributed by atoms with Crippen molar-refractivity contribution in [3.05, 3.63) is 155 Å². The molecule has 0 radical (unpaired) electrons. The maximum atomic E-state index is 14.4. The lowest BCUT2D eigenvalue weighted by Crippen LogP contribution is -2.74. The third-order valence-corrected chi connectivity index (χ3v) is 10.3. The number of nitrogens with zero attached hydrogens (tertiary/aromatic N) is 1. The molecule has 0 aliphatic carbocycles. The van der Waals surface area contributed by atoms with Crippen LogP contribution < -0.4 is 10.6 Å². The quantitative estimate of drug-likeness (QED) is 0.116. The number of nitrogens with one attached hydrogen (secondary N) is 2. The molecule has 2 N–H and O–H groups in total. The number of alkyl carbamates (subject to hydrolysis) is 1. The molecule has 11 nitrogen and oxygen atoms in total. The van der Waals surface area contributed by atoms with Crippen molar-refractivity contribution >= 4 is 40.5 Å². The Labute approximate surface area is 309 Å². The van der Waals surface area contributed by atoms with E-state index in [1.807, 2.05) is 60.7 Å². The number of β-lactam (4-membered cyclic amide) rings is 1. The third-order valence-electron chi connectivity index (χ3n) is 8.65. The van der Waals surface area contributed by atoms with E-state index in [-0.39, 0.29) is 29.2 Å². The minimum atomic E-state index is -1.84. The molecular weight excluding hydrogens is 695 g/mol. The van der Waals surface area contributed by atoms with E-state index in [4.69, 9.17) is 9.47 Å². The fraction of sp³-hybridized carbons (Fsp3) is 0.244. The molecule has 2 aliphatic heterocycles. The Morgan fingerprint density at radius 2 is 1.30 bits per heavy atom. The first-order valence-electron chi connectivity index (χ1n) is 17.1. The summed E-state index contributed by atoms with van der Waals surface area (Å²) >= 11 is 0. The average molecular weight is 734 g/mol. The van der Waals surface area contributed by atoms with Crippen LogP contribution in [0, 0.1) is 0 Å². The number of hydrogen-bond acceptors (Lipinski definition) is 8. The van der Waals surface area contributed by atoms with Crippen LogP contribution in [0.5, 0.6) is 0 Å². The molecule has 0 spiro atoms. The van der Waals surface area contributed by atoms with Gasteiger partial charge in [0.15, 0.2) is 11.9 Å². The van der Waals surface area contributed by atoms with Crippen molar-refractivity contribution in [2.45, 2.75) is 56.4 Å². The number of esters is 1. The molecule has 272 valence electrons. The number of ether oxygens (including phenoxy) is 2. The average Bonchev–Trinajstić information content (AvgIpc) is 3.15. The number of carbonyl (C=O) groups is 5. The van der Waals surface area contributed by atoms with Crippen LogP contribution in [0.2, 0.25) is 0 Å². The van der Waals surface area contributed by atoms with Gasteiger partial charge in [0.25, 0.3) is 5.91 Å². The second-order valence-electron chi connectivity index (χ2n) is 13.6. The van der Waals surface area contributed by atoms with E-state index in [2.05, 4.69) is 10.6 Å². The highest BCUT2D eigenvalue weighted by Gasteiger charge is 2.58. The van der Waals surface area contributed by atoms with Crippen LogP contribution in [0.3, 0.4) is 0 Å². The van der Waals surface area contributed by atoms with Crippen LogP contribution in [0.25, 0.3) is 0 Å². The molecule has 1 fully saturated rings. The molecule has 4 aromatic rings. The second-order valence-corrected chi connectivity index (χ2v) is 15.2. The first-order valence-corrected chi connectivity index (χ1v) is 18.5. The summed E-state index contributed by atoms with van der Waals surface area (Å²) in [5, 5.41) is 4.09. The molecule has 12 heteroatoms. The summed E-state index contributed by atoms with van der Waals surface area (Å²) in [4.78, 5) is 69.5. The summed E-state index contributed by atoms with van der Waals surface area (Å²) in [5.74, 6) is -2.90. The lowest BCUT2D eigenvalue weighted by atomic mass is 9.97. The molecule has 4 atom stereocenters. The lowest BCUT2D eigenvalue weighted by molar-refractivity contribution is -0.155. The zero-order valence-corrected chi connectivity index (χ0v) is 30.2. The first kappa shape index (κ1) is 36.9. The van der Waals surface area contributed by atoms with Crippen molar-refractivity contribution in [2.24, 2.45) is 0 Å². The van der Waals surface area contributed by atoms with E-state index in [0.717, 1.165) is 4.90 Å². The van der Waals surface area contributed by atoms with Crippen molar-refractivity contribution in [1.29, 1.82) is 0 Å². The van der Waals surface area contributed by atoms with Crippen LogP contribution in [0.4, 0.5) is 4.79 Å². The van der Waals surface area contributed by atoms with Crippen LogP contribution in [0.15, 0.2) is 133 Å². The molecule has 4 aromatic carbocycles. The highest BCUT2D eigenvalue weighted by atomic mass is 32.2. The minimum absolute atomic E-state index is 0.183. The molecule has 53 heavy (non-hydrogen) atoms. The Kier molecular flexibility index (Phi) is 11.0.